The molecule has 1 aromatic rings. The van der Waals surface area contributed by atoms with E-state index in [2.05, 4.69) is 0 Å². The Labute approximate surface area is 117 Å². The summed E-state index contributed by atoms with van der Waals surface area (Å²) in [5.41, 5.74) is 0.826. The maximum atomic E-state index is 12.7. The molecule has 0 bridgehead atoms. The molecule has 0 spiro atoms. The average molecular weight is 283 g/mol. The molecule has 1 amide bonds. The number of benzene rings is 1. The number of rotatable bonds is 6. The summed E-state index contributed by atoms with van der Waals surface area (Å²) >= 11 is 0. The van der Waals surface area contributed by atoms with Gasteiger partial charge in [-0.15, -0.1) is 0 Å². The van der Waals surface area contributed by atoms with Gasteiger partial charge in [-0.2, -0.15) is 8.78 Å². The molecule has 1 atom stereocenters. The van der Waals surface area contributed by atoms with Gasteiger partial charge >= 0.3 is 6.43 Å². The van der Waals surface area contributed by atoms with Crippen molar-refractivity contribution in [2.24, 2.45) is 5.92 Å². The van der Waals surface area contributed by atoms with Crippen molar-refractivity contribution in [1.29, 1.82) is 0 Å². The zero-order valence-corrected chi connectivity index (χ0v) is 11.7. The molecule has 1 unspecified atom stereocenters. The van der Waals surface area contributed by atoms with E-state index in [1.54, 1.807) is 31.4 Å². The Bertz CT molecular complexity index is 457. The van der Waals surface area contributed by atoms with E-state index in [0.717, 1.165) is 18.4 Å². The Morgan fingerprint density at radius 1 is 1.35 bits per heavy atom. The lowest BCUT2D eigenvalue weighted by Gasteiger charge is -2.29. The van der Waals surface area contributed by atoms with Gasteiger partial charge in [-0.05, 0) is 43.4 Å². The van der Waals surface area contributed by atoms with Gasteiger partial charge in [0.25, 0.3) is 5.91 Å². The molecule has 0 aromatic heterocycles. The Kier molecular flexibility index (Phi) is 4.57. The third-order valence-corrected chi connectivity index (χ3v) is 3.78. The molecular weight excluding hydrogens is 264 g/mol. The standard InChI is InChI=1S/C15H19F2NO2/c1-10(12-5-6-12)18(15(19)14(16)17)9-11-3-7-13(20-2)8-4-11/h3-4,7-8,10,12,14H,5-6,9H2,1-2H3. The fraction of sp³-hybridized carbons (Fsp3) is 0.533. The number of alkyl halides is 2. The number of hydrogen-bond acceptors (Lipinski definition) is 2. The van der Waals surface area contributed by atoms with Gasteiger partial charge in [0.15, 0.2) is 0 Å². The number of methoxy groups -OCH3 is 1. The molecule has 20 heavy (non-hydrogen) atoms. The van der Waals surface area contributed by atoms with Crippen LogP contribution in [0.1, 0.15) is 25.3 Å². The Morgan fingerprint density at radius 3 is 2.40 bits per heavy atom. The van der Waals surface area contributed by atoms with Crippen LogP contribution in [-0.2, 0) is 11.3 Å². The number of carbonyl (C=O) groups is 1. The maximum Gasteiger partial charge on any atom is 0.315 e. The van der Waals surface area contributed by atoms with Crippen LogP contribution in [0, 0.1) is 5.92 Å². The van der Waals surface area contributed by atoms with Gasteiger partial charge in [-0.25, -0.2) is 0 Å². The highest BCUT2D eigenvalue weighted by atomic mass is 19.3. The van der Waals surface area contributed by atoms with Crippen molar-refractivity contribution in [1.82, 2.24) is 4.90 Å². The molecule has 0 heterocycles. The van der Waals surface area contributed by atoms with Crippen LogP contribution in [0.2, 0.25) is 0 Å². The summed E-state index contributed by atoms with van der Waals surface area (Å²) in [6.45, 7) is 2.06. The van der Waals surface area contributed by atoms with Gasteiger partial charge in [0, 0.05) is 12.6 Å². The third kappa shape index (κ3) is 3.46. The number of hydrogen-bond donors (Lipinski definition) is 0. The number of halogens is 2. The molecule has 3 nitrogen and oxygen atoms in total. The van der Waals surface area contributed by atoms with Crippen LogP contribution in [0.4, 0.5) is 8.78 Å². The molecule has 0 N–H and O–H groups in total. The van der Waals surface area contributed by atoms with Crippen molar-refractivity contribution >= 4 is 5.91 Å². The lowest BCUT2D eigenvalue weighted by atomic mass is 10.1. The lowest BCUT2D eigenvalue weighted by molar-refractivity contribution is -0.146. The average Bonchev–Trinajstić information content (AvgIpc) is 3.28. The van der Waals surface area contributed by atoms with Crippen LogP contribution in [0.5, 0.6) is 5.75 Å². The van der Waals surface area contributed by atoms with Crippen molar-refractivity contribution in [3.05, 3.63) is 29.8 Å². The second kappa shape index (κ2) is 6.20. The molecule has 1 saturated carbocycles. The van der Waals surface area contributed by atoms with Crippen molar-refractivity contribution in [3.63, 3.8) is 0 Å². The van der Waals surface area contributed by atoms with E-state index >= 15 is 0 Å². The van der Waals surface area contributed by atoms with Crippen molar-refractivity contribution < 1.29 is 18.3 Å². The van der Waals surface area contributed by atoms with Gasteiger partial charge in [0.2, 0.25) is 0 Å². The summed E-state index contributed by atoms with van der Waals surface area (Å²) in [4.78, 5) is 13.0. The van der Waals surface area contributed by atoms with Crippen molar-refractivity contribution in [2.45, 2.75) is 38.8 Å². The highest BCUT2D eigenvalue weighted by molar-refractivity contribution is 5.79. The predicted molar refractivity (Wildman–Crippen MR) is 71.7 cm³/mol. The van der Waals surface area contributed by atoms with Crippen LogP contribution in [0.15, 0.2) is 24.3 Å². The fourth-order valence-corrected chi connectivity index (χ4v) is 2.31. The molecule has 1 fully saturated rings. The molecule has 1 aliphatic rings. The first-order valence-corrected chi connectivity index (χ1v) is 6.74. The Hall–Kier alpha value is -1.65. The second-order valence-corrected chi connectivity index (χ2v) is 5.19. The summed E-state index contributed by atoms with van der Waals surface area (Å²) in [6, 6.07) is 6.98. The van der Waals surface area contributed by atoms with Crippen LogP contribution in [0.3, 0.4) is 0 Å². The minimum atomic E-state index is -2.95. The van der Waals surface area contributed by atoms with E-state index in [1.165, 1.54) is 4.90 Å². The van der Waals surface area contributed by atoms with Crippen molar-refractivity contribution in [2.75, 3.05) is 7.11 Å². The monoisotopic (exact) mass is 283 g/mol. The number of ether oxygens (including phenoxy) is 1. The fourth-order valence-electron chi connectivity index (χ4n) is 2.31. The van der Waals surface area contributed by atoms with Crippen LogP contribution >= 0.6 is 0 Å². The van der Waals surface area contributed by atoms with E-state index in [9.17, 15) is 13.6 Å². The quantitative estimate of drug-likeness (QED) is 0.803. The van der Waals surface area contributed by atoms with Crippen molar-refractivity contribution in [3.8, 4) is 5.75 Å². The third-order valence-electron chi connectivity index (χ3n) is 3.78. The van der Waals surface area contributed by atoms with Gasteiger partial charge in [-0.3, -0.25) is 4.79 Å². The predicted octanol–water partition coefficient (Wildman–Crippen LogP) is 3.09. The molecule has 1 aliphatic carbocycles. The molecule has 5 heteroatoms. The van der Waals surface area contributed by atoms with Gasteiger partial charge < -0.3 is 9.64 Å². The highest BCUT2D eigenvalue weighted by Gasteiger charge is 2.36. The van der Waals surface area contributed by atoms with E-state index in [4.69, 9.17) is 4.74 Å². The summed E-state index contributed by atoms with van der Waals surface area (Å²) < 4.78 is 30.5. The molecule has 2 rings (SSSR count). The van der Waals surface area contributed by atoms with E-state index < -0.39 is 12.3 Å². The number of amides is 1. The highest BCUT2D eigenvalue weighted by Crippen LogP contribution is 2.36. The number of carbonyl (C=O) groups excluding carboxylic acids is 1. The molecule has 1 aromatic carbocycles. The van der Waals surface area contributed by atoms with E-state index in [-0.39, 0.29) is 12.6 Å². The van der Waals surface area contributed by atoms with Crippen LogP contribution < -0.4 is 4.74 Å². The largest absolute Gasteiger partial charge is 0.497 e. The molecule has 0 radical (unpaired) electrons. The molecule has 0 saturated heterocycles. The van der Waals surface area contributed by atoms with E-state index in [1.807, 2.05) is 6.92 Å². The molecule has 110 valence electrons. The lowest BCUT2D eigenvalue weighted by Crippen LogP contribution is -2.42. The zero-order valence-electron chi connectivity index (χ0n) is 11.7. The first-order valence-electron chi connectivity index (χ1n) is 6.74. The Balaban J connectivity index is 2.11. The SMILES string of the molecule is COc1ccc(CN(C(=O)C(F)F)C(C)C2CC2)cc1. The summed E-state index contributed by atoms with van der Waals surface area (Å²) in [6.07, 6.45) is -0.928. The summed E-state index contributed by atoms with van der Waals surface area (Å²) in [5, 5.41) is 0. The second-order valence-electron chi connectivity index (χ2n) is 5.19. The minimum absolute atomic E-state index is 0.140. The maximum absolute atomic E-state index is 12.7. The summed E-state index contributed by atoms with van der Waals surface area (Å²) in [5.74, 6) is -0.0214. The minimum Gasteiger partial charge on any atom is -0.497 e. The number of nitrogens with zero attached hydrogens (tertiary/aromatic N) is 1. The smallest absolute Gasteiger partial charge is 0.315 e. The first-order chi connectivity index (χ1) is 9.52. The normalized spacial score (nSPS) is 16.1. The van der Waals surface area contributed by atoms with Gasteiger partial charge in [0.05, 0.1) is 7.11 Å². The van der Waals surface area contributed by atoms with Gasteiger partial charge in [0.1, 0.15) is 5.75 Å². The Morgan fingerprint density at radius 2 is 1.95 bits per heavy atom. The van der Waals surface area contributed by atoms with Crippen LogP contribution in [-0.4, -0.2) is 30.4 Å². The summed E-state index contributed by atoms with van der Waals surface area (Å²) in [7, 11) is 1.57. The van der Waals surface area contributed by atoms with E-state index in [0.29, 0.717) is 11.7 Å². The molecular formula is C15H19F2NO2. The molecule has 0 aliphatic heterocycles. The topological polar surface area (TPSA) is 29.5 Å². The van der Waals surface area contributed by atoms with Gasteiger partial charge in [-0.1, -0.05) is 12.1 Å². The van der Waals surface area contributed by atoms with Crippen LogP contribution in [0.25, 0.3) is 0 Å². The zero-order chi connectivity index (χ0) is 14.7. The first kappa shape index (κ1) is 14.8.